The third-order valence-corrected chi connectivity index (χ3v) is 3.84. The van der Waals surface area contributed by atoms with Gasteiger partial charge >= 0.3 is 0 Å². The second-order valence-electron chi connectivity index (χ2n) is 4.38. The molecule has 0 fully saturated rings. The summed E-state index contributed by atoms with van der Waals surface area (Å²) in [7, 11) is 0. The summed E-state index contributed by atoms with van der Waals surface area (Å²) in [4.78, 5) is 12.1. The van der Waals surface area contributed by atoms with E-state index in [1.165, 1.54) is 12.1 Å². The molecule has 98 valence electrons. The Balaban J connectivity index is 2.23. The summed E-state index contributed by atoms with van der Waals surface area (Å²) in [6, 6.07) is 9.83. The quantitative estimate of drug-likeness (QED) is 0.786. The lowest BCUT2D eigenvalue weighted by molar-refractivity contribution is 0.102. The SMILES string of the molecule is Cc1ccc(C(=O)Nc2ccc(F)cc2I)cc1C. The first-order valence-electron chi connectivity index (χ1n) is 5.81. The number of carbonyl (C=O) groups excluding carboxylic acids is 1. The van der Waals surface area contributed by atoms with E-state index in [2.05, 4.69) is 5.32 Å². The molecule has 0 unspecified atom stereocenters. The van der Waals surface area contributed by atoms with Gasteiger partial charge in [-0.05, 0) is 77.9 Å². The van der Waals surface area contributed by atoms with E-state index >= 15 is 0 Å². The second-order valence-corrected chi connectivity index (χ2v) is 5.54. The summed E-state index contributed by atoms with van der Waals surface area (Å²) >= 11 is 2.00. The van der Waals surface area contributed by atoms with E-state index in [1.807, 2.05) is 48.6 Å². The van der Waals surface area contributed by atoms with Crippen LogP contribution in [0.15, 0.2) is 36.4 Å². The summed E-state index contributed by atoms with van der Waals surface area (Å²) in [5, 5.41) is 2.79. The van der Waals surface area contributed by atoms with E-state index in [0.717, 1.165) is 11.1 Å². The summed E-state index contributed by atoms with van der Waals surface area (Å²) in [5.74, 6) is -0.499. The van der Waals surface area contributed by atoms with Gasteiger partial charge < -0.3 is 5.32 Å². The Labute approximate surface area is 125 Å². The maximum atomic E-state index is 13.0. The molecule has 0 spiro atoms. The van der Waals surface area contributed by atoms with Gasteiger partial charge in [0, 0.05) is 9.13 Å². The molecule has 0 aliphatic carbocycles. The lowest BCUT2D eigenvalue weighted by Crippen LogP contribution is -2.13. The number of amides is 1. The van der Waals surface area contributed by atoms with Crippen molar-refractivity contribution >= 4 is 34.2 Å². The summed E-state index contributed by atoms with van der Waals surface area (Å²) in [6.45, 7) is 3.97. The topological polar surface area (TPSA) is 29.1 Å². The Morgan fingerprint density at radius 2 is 1.84 bits per heavy atom. The van der Waals surface area contributed by atoms with Gasteiger partial charge in [-0.25, -0.2) is 4.39 Å². The number of nitrogens with one attached hydrogen (secondary N) is 1. The van der Waals surface area contributed by atoms with Crippen molar-refractivity contribution in [3.05, 3.63) is 62.5 Å². The highest BCUT2D eigenvalue weighted by atomic mass is 127. The lowest BCUT2D eigenvalue weighted by atomic mass is 10.1. The van der Waals surface area contributed by atoms with Crippen LogP contribution >= 0.6 is 22.6 Å². The summed E-state index contributed by atoms with van der Waals surface area (Å²) < 4.78 is 13.7. The summed E-state index contributed by atoms with van der Waals surface area (Å²) in [6.07, 6.45) is 0. The first-order chi connectivity index (χ1) is 8.97. The number of halogens is 2. The van der Waals surface area contributed by atoms with Gasteiger partial charge in [-0.3, -0.25) is 4.79 Å². The van der Waals surface area contributed by atoms with Crippen molar-refractivity contribution in [1.29, 1.82) is 0 Å². The fraction of sp³-hybridized carbons (Fsp3) is 0.133. The Hall–Kier alpha value is -1.43. The maximum Gasteiger partial charge on any atom is 0.255 e. The minimum atomic E-state index is -0.312. The highest BCUT2D eigenvalue weighted by molar-refractivity contribution is 14.1. The molecule has 1 N–H and O–H groups in total. The van der Waals surface area contributed by atoms with Gasteiger partial charge in [-0.1, -0.05) is 6.07 Å². The van der Waals surface area contributed by atoms with Crippen LogP contribution in [-0.4, -0.2) is 5.91 Å². The van der Waals surface area contributed by atoms with Gasteiger partial charge in [0.15, 0.2) is 0 Å². The number of rotatable bonds is 2. The normalized spacial score (nSPS) is 10.3. The van der Waals surface area contributed by atoms with Crippen molar-refractivity contribution < 1.29 is 9.18 Å². The monoisotopic (exact) mass is 369 g/mol. The standard InChI is InChI=1S/C15H13FINO/c1-9-3-4-11(7-10(9)2)15(19)18-14-6-5-12(16)8-13(14)17/h3-8H,1-2H3,(H,18,19). The van der Waals surface area contributed by atoms with Gasteiger partial charge in [-0.15, -0.1) is 0 Å². The number of anilines is 1. The molecule has 0 aliphatic rings. The zero-order valence-electron chi connectivity index (χ0n) is 10.6. The van der Waals surface area contributed by atoms with Crippen LogP contribution in [-0.2, 0) is 0 Å². The molecule has 4 heteroatoms. The number of benzene rings is 2. The molecule has 0 heterocycles. The van der Waals surface area contributed by atoms with Crippen LogP contribution in [0.5, 0.6) is 0 Å². The molecule has 0 aliphatic heterocycles. The average molecular weight is 369 g/mol. The molecular formula is C15H13FINO. The van der Waals surface area contributed by atoms with E-state index in [4.69, 9.17) is 0 Å². The molecule has 2 aromatic rings. The second kappa shape index (κ2) is 5.69. The van der Waals surface area contributed by atoms with Gasteiger partial charge in [0.05, 0.1) is 5.69 Å². The van der Waals surface area contributed by atoms with Crippen molar-refractivity contribution in [3.63, 3.8) is 0 Å². The predicted octanol–water partition coefficient (Wildman–Crippen LogP) is 4.30. The van der Waals surface area contributed by atoms with Crippen LogP contribution in [0, 0.1) is 23.2 Å². The molecule has 1 amide bonds. The molecule has 0 saturated heterocycles. The van der Waals surface area contributed by atoms with Crippen LogP contribution in [0.25, 0.3) is 0 Å². The molecule has 0 atom stereocenters. The minimum Gasteiger partial charge on any atom is -0.321 e. The van der Waals surface area contributed by atoms with Gasteiger partial charge in [0.2, 0.25) is 0 Å². The number of hydrogen-bond donors (Lipinski definition) is 1. The van der Waals surface area contributed by atoms with Crippen molar-refractivity contribution in [2.75, 3.05) is 5.32 Å². The summed E-state index contributed by atoms with van der Waals surface area (Å²) in [5.41, 5.74) is 3.43. The Kier molecular flexibility index (Phi) is 4.19. The highest BCUT2D eigenvalue weighted by Crippen LogP contribution is 2.20. The van der Waals surface area contributed by atoms with Crippen molar-refractivity contribution in [3.8, 4) is 0 Å². The van der Waals surface area contributed by atoms with E-state index < -0.39 is 0 Å². The van der Waals surface area contributed by atoms with Gasteiger partial charge in [-0.2, -0.15) is 0 Å². The van der Waals surface area contributed by atoms with Crippen LogP contribution in [0.2, 0.25) is 0 Å². The molecule has 2 aromatic carbocycles. The van der Waals surface area contributed by atoms with Crippen molar-refractivity contribution in [1.82, 2.24) is 0 Å². The zero-order valence-corrected chi connectivity index (χ0v) is 12.8. The van der Waals surface area contributed by atoms with Crippen LogP contribution in [0.3, 0.4) is 0 Å². The number of hydrogen-bond acceptors (Lipinski definition) is 1. The van der Waals surface area contributed by atoms with Crippen molar-refractivity contribution in [2.24, 2.45) is 0 Å². The molecular weight excluding hydrogens is 356 g/mol. The smallest absolute Gasteiger partial charge is 0.255 e. The molecule has 2 nitrogen and oxygen atoms in total. The molecule has 19 heavy (non-hydrogen) atoms. The number of carbonyl (C=O) groups is 1. The largest absolute Gasteiger partial charge is 0.321 e. The van der Waals surface area contributed by atoms with Crippen LogP contribution < -0.4 is 5.32 Å². The molecule has 0 bridgehead atoms. The number of aryl methyl sites for hydroxylation is 2. The predicted molar refractivity (Wildman–Crippen MR) is 83.0 cm³/mol. The molecule has 0 radical (unpaired) electrons. The first kappa shape index (κ1) is 14.0. The van der Waals surface area contributed by atoms with Crippen LogP contribution in [0.4, 0.5) is 10.1 Å². The molecule has 2 rings (SSSR count). The van der Waals surface area contributed by atoms with Crippen molar-refractivity contribution in [2.45, 2.75) is 13.8 Å². The maximum absolute atomic E-state index is 13.0. The Morgan fingerprint density at radius 3 is 2.47 bits per heavy atom. The Morgan fingerprint density at radius 1 is 1.11 bits per heavy atom. The lowest BCUT2D eigenvalue weighted by Gasteiger charge is -2.09. The van der Waals surface area contributed by atoms with E-state index in [9.17, 15) is 9.18 Å². The highest BCUT2D eigenvalue weighted by Gasteiger charge is 2.09. The van der Waals surface area contributed by atoms with E-state index in [-0.39, 0.29) is 11.7 Å². The third-order valence-electron chi connectivity index (χ3n) is 2.95. The van der Waals surface area contributed by atoms with E-state index in [0.29, 0.717) is 14.8 Å². The third kappa shape index (κ3) is 3.32. The fourth-order valence-electron chi connectivity index (χ4n) is 1.67. The average Bonchev–Trinajstić information content (AvgIpc) is 2.36. The molecule has 0 saturated carbocycles. The van der Waals surface area contributed by atoms with Gasteiger partial charge in [0.25, 0.3) is 5.91 Å². The van der Waals surface area contributed by atoms with Gasteiger partial charge in [0.1, 0.15) is 5.82 Å². The zero-order chi connectivity index (χ0) is 14.0. The van der Waals surface area contributed by atoms with E-state index in [1.54, 1.807) is 12.1 Å². The minimum absolute atomic E-state index is 0.187. The fourth-order valence-corrected chi connectivity index (χ4v) is 2.28. The van der Waals surface area contributed by atoms with Crippen LogP contribution in [0.1, 0.15) is 21.5 Å². The first-order valence-corrected chi connectivity index (χ1v) is 6.89. The molecule has 0 aromatic heterocycles. The Bertz CT molecular complexity index is 640.